The highest BCUT2D eigenvalue weighted by Gasteiger charge is 2.30. The van der Waals surface area contributed by atoms with E-state index in [1.165, 1.54) is 0 Å². The lowest BCUT2D eigenvalue weighted by Crippen LogP contribution is -2.46. The second-order valence-corrected chi connectivity index (χ2v) is 7.04. The van der Waals surface area contributed by atoms with Crippen LogP contribution in [0, 0.1) is 5.92 Å². The molecule has 140 valence electrons. The number of benzene rings is 1. The summed E-state index contributed by atoms with van der Waals surface area (Å²) in [6.45, 7) is 9.47. The molecule has 0 radical (unpaired) electrons. The molecular formula is C20H31NO4. The zero-order valence-electron chi connectivity index (χ0n) is 16.0. The molecule has 0 aliphatic carbocycles. The van der Waals surface area contributed by atoms with Crippen LogP contribution in [0.15, 0.2) is 30.3 Å². The summed E-state index contributed by atoms with van der Waals surface area (Å²) in [4.78, 5) is 24.5. The van der Waals surface area contributed by atoms with Gasteiger partial charge in [-0.15, -0.1) is 0 Å². The van der Waals surface area contributed by atoms with Crippen LogP contribution in [0.5, 0.6) is 0 Å². The summed E-state index contributed by atoms with van der Waals surface area (Å²) in [6.07, 6.45) is 1.49. The van der Waals surface area contributed by atoms with Gasteiger partial charge in [-0.3, -0.25) is 4.79 Å². The van der Waals surface area contributed by atoms with Crippen molar-refractivity contribution in [3.05, 3.63) is 35.9 Å². The van der Waals surface area contributed by atoms with Crippen molar-refractivity contribution in [2.45, 2.75) is 65.5 Å². The Morgan fingerprint density at radius 3 is 2.28 bits per heavy atom. The summed E-state index contributed by atoms with van der Waals surface area (Å²) in [5.74, 6) is -0.671. The van der Waals surface area contributed by atoms with Crippen molar-refractivity contribution in [3.8, 4) is 0 Å². The van der Waals surface area contributed by atoms with Crippen LogP contribution in [0.2, 0.25) is 0 Å². The van der Waals surface area contributed by atoms with Crippen molar-refractivity contribution in [2.24, 2.45) is 5.92 Å². The number of nitrogens with one attached hydrogen (secondary N) is 1. The number of esters is 1. The summed E-state index contributed by atoms with van der Waals surface area (Å²) in [6, 6.07) is 9.67. The maximum absolute atomic E-state index is 12.3. The first-order chi connectivity index (χ1) is 11.8. The molecule has 5 heteroatoms. The minimum absolute atomic E-state index is 0.279. The van der Waals surface area contributed by atoms with Crippen molar-refractivity contribution >= 4 is 12.1 Å². The Labute approximate surface area is 151 Å². The maximum Gasteiger partial charge on any atom is 0.407 e. The third-order valence-corrected chi connectivity index (χ3v) is 3.80. The van der Waals surface area contributed by atoms with E-state index < -0.39 is 17.6 Å². The van der Waals surface area contributed by atoms with E-state index in [2.05, 4.69) is 5.32 Å². The fourth-order valence-electron chi connectivity index (χ4n) is 2.66. The quantitative estimate of drug-likeness (QED) is 0.718. The summed E-state index contributed by atoms with van der Waals surface area (Å²) in [5, 5.41) is 2.87. The Bertz CT molecular complexity index is 536. The smallest absolute Gasteiger partial charge is 0.407 e. The van der Waals surface area contributed by atoms with Crippen molar-refractivity contribution < 1.29 is 19.1 Å². The fourth-order valence-corrected chi connectivity index (χ4v) is 2.66. The van der Waals surface area contributed by atoms with Gasteiger partial charge in [0.15, 0.2) is 0 Å². The molecule has 1 amide bonds. The van der Waals surface area contributed by atoms with Gasteiger partial charge in [-0.1, -0.05) is 37.3 Å². The lowest BCUT2D eigenvalue weighted by molar-refractivity contribution is -0.149. The molecule has 0 aliphatic heterocycles. The number of carbonyl (C=O) groups is 2. The van der Waals surface area contributed by atoms with Crippen LogP contribution in [0.25, 0.3) is 0 Å². The minimum atomic E-state index is -0.584. The first-order valence-electron chi connectivity index (χ1n) is 8.96. The van der Waals surface area contributed by atoms with Gasteiger partial charge in [-0.05, 0) is 52.5 Å². The predicted molar refractivity (Wildman–Crippen MR) is 98.3 cm³/mol. The van der Waals surface area contributed by atoms with Crippen LogP contribution in [0.3, 0.4) is 0 Å². The molecule has 2 atom stereocenters. The molecule has 0 bridgehead atoms. The van der Waals surface area contributed by atoms with Crippen LogP contribution in [0.1, 0.15) is 53.0 Å². The molecule has 0 saturated carbocycles. The summed E-state index contributed by atoms with van der Waals surface area (Å²) in [7, 11) is 0. The van der Waals surface area contributed by atoms with Crippen LogP contribution >= 0.6 is 0 Å². The van der Waals surface area contributed by atoms with Crippen LogP contribution < -0.4 is 5.32 Å². The zero-order valence-corrected chi connectivity index (χ0v) is 16.0. The Morgan fingerprint density at radius 1 is 1.12 bits per heavy atom. The normalized spacial score (nSPS) is 13.6. The van der Waals surface area contributed by atoms with Gasteiger partial charge in [0.1, 0.15) is 5.60 Å². The third-order valence-electron chi connectivity index (χ3n) is 3.80. The molecule has 0 fully saturated rings. The van der Waals surface area contributed by atoms with Gasteiger partial charge in [0.25, 0.3) is 0 Å². The van der Waals surface area contributed by atoms with Crippen molar-refractivity contribution in [1.29, 1.82) is 0 Å². The molecule has 0 heterocycles. The molecule has 5 nitrogen and oxygen atoms in total. The number of ether oxygens (including phenoxy) is 2. The van der Waals surface area contributed by atoms with Crippen LogP contribution in [-0.2, 0) is 20.7 Å². The molecule has 0 aromatic heterocycles. The zero-order chi connectivity index (χ0) is 18.9. The number of aryl methyl sites for hydroxylation is 1. The summed E-state index contributed by atoms with van der Waals surface area (Å²) < 4.78 is 10.5. The topological polar surface area (TPSA) is 64.6 Å². The molecule has 0 saturated heterocycles. The van der Waals surface area contributed by atoms with E-state index in [-0.39, 0.29) is 12.0 Å². The van der Waals surface area contributed by atoms with Gasteiger partial charge < -0.3 is 14.8 Å². The molecule has 0 aliphatic rings. The Morgan fingerprint density at radius 2 is 1.76 bits per heavy atom. The van der Waals surface area contributed by atoms with Crippen LogP contribution in [0.4, 0.5) is 4.79 Å². The molecule has 0 spiro atoms. The average Bonchev–Trinajstić information content (AvgIpc) is 2.52. The third kappa shape index (κ3) is 8.05. The molecule has 1 N–H and O–H groups in total. The Kier molecular flexibility index (Phi) is 8.46. The maximum atomic E-state index is 12.3. The van der Waals surface area contributed by atoms with Crippen molar-refractivity contribution in [2.75, 3.05) is 6.61 Å². The summed E-state index contributed by atoms with van der Waals surface area (Å²) in [5.41, 5.74) is 0.580. The lowest BCUT2D eigenvalue weighted by atomic mass is 9.91. The van der Waals surface area contributed by atoms with E-state index in [4.69, 9.17) is 9.47 Å². The van der Waals surface area contributed by atoms with E-state index in [0.717, 1.165) is 12.0 Å². The highest BCUT2D eigenvalue weighted by molar-refractivity contribution is 5.75. The molecular weight excluding hydrogens is 318 g/mol. The van der Waals surface area contributed by atoms with Crippen molar-refractivity contribution in [1.82, 2.24) is 5.32 Å². The average molecular weight is 349 g/mol. The van der Waals surface area contributed by atoms with E-state index in [1.807, 2.05) is 58.0 Å². The fraction of sp³-hybridized carbons (Fsp3) is 0.600. The van der Waals surface area contributed by atoms with Gasteiger partial charge in [0, 0.05) is 6.04 Å². The molecule has 25 heavy (non-hydrogen) atoms. The number of carbonyl (C=O) groups excluding carboxylic acids is 2. The molecule has 1 rings (SSSR count). The standard InChI is InChI=1S/C20H31NO4/c1-6-16(18(22)24-7-2)17(21-19(23)25-20(3,4)5)14-13-15-11-9-8-10-12-15/h8-12,16-17H,6-7,13-14H2,1-5H3,(H,21,23). The Balaban J connectivity index is 2.83. The van der Waals surface area contributed by atoms with E-state index >= 15 is 0 Å². The number of alkyl carbamates (subject to hydrolysis) is 1. The predicted octanol–water partition coefficient (Wildman–Crippen LogP) is 4.10. The monoisotopic (exact) mass is 349 g/mol. The number of hydrogen-bond donors (Lipinski definition) is 1. The summed E-state index contributed by atoms with van der Waals surface area (Å²) >= 11 is 0. The first kappa shape index (κ1) is 21.0. The number of rotatable bonds is 8. The van der Waals surface area contributed by atoms with E-state index in [9.17, 15) is 9.59 Å². The van der Waals surface area contributed by atoms with Crippen LogP contribution in [-0.4, -0.2) is 30.3 Å². The molecule has 1 aromatic carbocycles. The largest absolute Gasteiger partial charge is 0.466 e. The van der Waals surface area contributed by atoms with Crippen molar-refractivity contribution in [3.63, 3.8) is 0 Å². The first-order valence-corrected chi connectivity index (χ1v) is 8.96. The Hall–Kier alpha value is -2.04. The second kappa shape index (κ2) is 10.1. The van der Waals surface area contributed by atoms with Gasteiger partial charge in [-0.25, -0.2) is 4.79 Å². The van der Waals surface area contributed by atoms with E-state index in [1.54, 1.807) is 6.92 Å². The van der Waals surface area contributed by atoms with E-state index in [0.29, 0.717) is 19.4 Å². The second-order valence-electron chi connectivity index (χ2n) is 7.04. The van der Waals surface area contributed by atoms with Gasteiger partial charge in [-0.2, -0.15) is 0 Å². The van der Waals surface area contributed by atoms with Gasteiger partial charge in [0.2, 0.25) is 0 Å². The molecule has 2 unspecified atom stereocenters. The van der Waals surface area contributed by atoms with Gasteiger partial charge >= 0.3 is 12.1 Å². The molecule has 1 aromatic rings. The SMILES string of the molecule is CCOC(=O)C(CC)C(CCc1ccccc1)NC(=O)OC(C)(C)C. The minimum Gasteiger partial charge on any atom is -0.466 e. The lowest BCUT2D eigenvalue weighted by Gasteiger charge is -2.28. The number of hydrogen-bond acceptors (Lipinski definition) is 4. The highest BCUT2D eigenvalue weighted by atomic mass is 16.6. The number of amides is 1. The van der Waals surface area contributed by atoms with Gasteiger partial charge in [0.05, 0.1) is 12.5 Å². The highest BCUT2D eigenvalue weighted by Crippen LogP contribution is 2.18.